The second kappa shape index (κ2) is 10.6. The van der Waals surface area contributed by atoms with E-state index in [1.807, 2.05) is 18.7 Å². The Morgan fingerprint density at radius 1 is 1.23 bits per heavy atom. The van der Waals surface area contributed by atoms with Crippen LogP contribution in [0.5, 0.6) is 0 Å². The van der Waals surface area contributed by atoms with Crippen LogP contribution in [-0.4, -0.2) is 53.8 Å². The average molecular weight is 366 g/mol. The second-order valence-electron chi connectivity index (χ2n) is 7.41. The quantitative estimate of drug-likeness (QED) is 0.692. The normalized spacial score (nSPS) is 17.2. The Balaban J connectivity index is 1.79. The Morgan fingerprint density at radius 2 is 2.04 bits per heavy atom. The van der Waals surface area contributed by atoms with Gasteiger partial charge in [-0.05, 0) is 32.6 Å². The van der Waals surface area contributed by atoms with Crippen LogP contribution in [0.2, 0.25) is 0 Å². The Hall–Kier alpha value is -1.56. The number of nitrogens with zero attached hydrogens (tertiary/aromatic N) is 3. The van der Waals surface area contributed by atoms with Crippen molar-refractivity contribution in [3.63, 3.8) is 0 Å². The van der Waals surface area contributed by atoms with Crippen molar-refractivity contribution in [2.75, 3.05) is 32.8 Å². The molecule has 1 aliphatic rings. The molecule has 2 rings (SSSR count). The summed E-state index contributed by atoms with van der Waals surface area (Å²) in [5, 5.41) is 4.03. The van der Waals surface area contributed by atoms with Crippen molar-refractivity contribution in [2.45, 2.75) is 66.3 Å². The monoisotopic (exact) mass is 365 g/mol. The molecule has 6 heteroatoms. The molecule has 1 aromatic rings. The van der Waals surface area contributed by atoms with Crippen LogP contribution < -0.4 is 0 Å². The number of hydrogen-bond donors (Lipinski definition) is 0. The lowest BCUT2D eigenvalue weighted by atomic mass is 10.0. The van der Waals surface area contributed by atoms with E-state index in [2.05, 4.69) is 23.9 Å². The maximum atomic E-state index is 12.4. The van der Waals surface area contributed by atoms with E-state index in [-0.39, 0.29) is 6.09 Å². The topological polar surface area (TPSA) is 58.8 Å². The molecule has 0 N–H and O–H groups in total. The summed E-state index contributed by atoms with van der Waals surface area (Å²) in [6.45, 7) is 13.0. The van der Waals surface area contributed by atoms with Gasteiger partial charge in [0.25, 0.3) is 0 Å². The highest BCUT2D eigenvalue weighted by Gasteiger charge is 2.22. The fraction of sp³-hybridized carbons (Fsp3) is 0.800. The molecule has 2 heterocycles. The van der Waals surface area contributed by atoms with E-state index in [0.717, 1.165) is 56.9 Å². The molecule has 1 aliphatic heterocycles. The van der Waals surface area contributed by atoms with E-state index in [0.29, 0.717) is 19.1 Å². The molecule has 1 aromatic heterocycles. The molecule has 0 saturated carbocycles. The summed E-state index contributed by atoms with van der Waals surface area (Å²) < 4.78 is 10.9. The summed E-state index contributed by atoms with van der Waals surface area (Å²) in [6, 6.07) is 0. The van der Waals surface area contributed by atoms with Crippen molar-refractivity contribution in [2.24, 2.45) is 5.92 Å². The molecule has 0 aromatic carbocycles. The highest BCUT2D eigenvalue weighted by atomic mass is 16.6. The zero-order valence-electron chi connectivity index (χ0n) is 16.9. The minimum absolute atomic E-state index is 0.154. The molecule has 0 spiro atoms. The first-order valence-electron chi connectivity index (χ1n) is 10.1. The van der Waals surface area contributed by atoms with Gasteiger partial charge in [-0.2, -0.15) is 0 Å². The number of carbonyl (C=O) groups excluding carboxylic acids is 1. The minimum atomic E-state index is -0.154. The molecule has 1 unspecified atom stereocenters. The molecule has 1 fully saturated rings. The van der Waals surface area contributed by atoms with Crippen molar-refractivity contribution in [3.8, 4) is 0 Å². The lowest BCUT2D eigenvalue weighted by Gasteiger charge is -2.23. The molecule has 148 valence electrons. The second-order valence-corrected chi connectivity index (χ2v) is 7.41. The Morgan fingerprint density at radius 3 is 2.69 bits per heavy atom. The highest BCUT2D eigenvalue weighted by molar-refractivity contribution is 5.67. The molecule has 1 saturated heterocycles. The Labute approximate surface area is 157 Å². The van der Waals surface area contributed by atoms with Crippen molar-refractivity contribution < 1.29 is 14.1 Å². The maximum Gasteiger partial charge on any atom is 0.409 e. The lowest BCUT2D eigenvalue weighted by molar-refractivity contribution is 0.0856. The summed E-state index contributed by atoms with van der Waals surface area (Å²) in [6.07, 6.45) is 5.42. The van der Waals surface area contributed by atoms with Gasteiger partial charge in [-0.15, -0.1) is 0 Å². The lowest BCUT2D eigenvalue weighted by Crippen LogP contribution is -2.36. The van der Waals surface area contributed by atoms with Gasteiger partial charge in [0.15, 0.2) is 0 Å². The van der Waals surface area contributed by atoms with Gasteiger partial charge >= 0.3 is 6.09 Å². The third-order valence-corrected chi connectivity index (χ3v) is 5.40. The minimum Gasteiger partial charge on any atom is -0.449 e. The van der Waals surface area contributed by atoms with E-state index in [1.54, 1.807) is 0 Å². The Kier molecular flexibility index (Phi) is 8.42. The number of ether oxygens (including phenoxy) is 1. The van der Waals surface area contributed by atoms with Crippen LogP contribution in [0, 0.1) is 19.8 Å². The van der Waals surface area contributed by atoms with Gasteiger partial charge in [0, 0.05) is 38.3 Å². The molecular weight excluding hydrogens is 330 g/mol. The summed E-state index contributed by atoms with van der Waals surface area (Å²) in [5.41, 5.74) is 2.13. The summed E-state index contributed by atoms with van der Waals surface area (Å²) >= 11 is 0. The molecule has 1 amide bonds. The number of hydrogen-bond acceptors (Lipinski definition) is 5. The van der Waals surface area contributed by atoms with Crippen LogP contribution in [0.15, 0.2) is 4.52 Å². The van der Waals surface area contributed by atoms with Crippen LogP contribution in [0.3, 0.4) is 0 Å². The van der Waals surface area contributed by atoms with Crippen LogP contribution in [0.1, 0.15) is 63.0 Å². The van der Waals surface area contributed by atoms with Crippen molar-refractivity contribution >= 4 is 6.09 Å². The number of aromatic nitrogens is 1. The zero-order valence-corrected chi connectivity index (χ0v) is 16.9. The number of amides is 1. The Bertz CT molecular complexity index is 539. The fourth-order valence-electron chi connectivity index (χ4n) is 3.44. The number of rotatable bonds is 8. The molecule has 0 aliphatic carbocycles. The molecule has 0 radical (unpaired) electrons. The molecular formula is C20H35N3O3. The van der Waals surface area contributed by atoms with Crippen LogP contribution in [0.25, 0.3) is 0 Å². The third-order valence-electron chi connectivity index (χ3n) is 5.40. The summed E-state index contributed by atoms with van der Waals surface area (Å²) in [4.78, 5) is 16.7. The van der Waals surface area contributed by atoms with E-state index in [1.165, 1.54) is 18.4 Å². The first kappa shape index (κ1) is 20.7. The highest BCUT2D eigenvalue weighted by Crippen LogP contribution is 2.17. The van der Waals surface area contributed by atoms with E-state index in [4.69, 9.17) is 9.26 Å². The van der Waals surface area contributed by atoms with Gasteiger partial charge in [0.2, 0.25) is 0 Å². The molecule has 1 atom stereocenters. The zero-order chi connectivity index (χ0) is 18.9. The standard InChI is InChI=1S/C20H35N3O3/c1-5-7-9-18(6-2)15-25-20(24)23-11-8-10-22(12-13-23)14-19-16(3)21-26-17(19)4/h18H,5-15H2,1-4H3. The van der Waals surface area contributed by atoms with Gasteiger partial charge in [-0.1, -0.05) is 38.3 Å². The molecule has 0 bridgehead atoms. The predicted molar refractivity (Wildman–Crippen MR) is 102 cm³/mol. The van der Waals surface area contributed by atoms with Crippen LogP contribution in [0.4, 0.5) is 4.79 Å². The molecule has 26 heavy (non-hydrogen) atoms. The van der Waals surface area contributed by atoms with E-state index in [9.17, 15) is 4.79 Å². The summed E-state index contributed by atoms with van der Waals surface area (Å²) in [7, 11) is 0. The smallest absolute Gasteiger partial charge is 0.409 e. The third kappa shape index (κ3) is 6.01. The van der Waals surface area contributed by atoms with Crippen LogP contribution in [-0.2, 0) is 11.3 Å². The van der Waals surface area contributed by atoms with Gasteiger partial charge < -0.3 is 14.2 Å². The summed E-state index contributed by atoms with van der Waals surface area (Å²) in [5.74, 6) is 1.38. The van der Waals surface area contributed by atoms with Crippen LogP contribution >= 0.6 is 0 Å². The maximum absolute atomic E-state index is 12.4. The van der Waals surface area contributed by atoms with Crippen molar-refractivity contribution in [1.29, 1.82) is 0 Å². The first-order valence-corrected chi connectivity index (χ1v) is 10.1. The average Bonchev–Trinajstić information content (AvgIpc) is 2.84. The molecule has 6 nitrogen and oxygen atoms in total. The van der Waals surface area contributed by atoms with Crippen molar-refractivity contribution in [3.05, 3.63) is 17.0 Å². The largest absolute Gasteiger partial charge is 0.449 e. The fourth-order valence-corrected chi connectivity index (χ4v) is 3.44. The van der Waals surface area contributed by atoms with E-state index >= 15 is 0 Å². The van der Waals surface area contributed by atoms with E-state index < -0.39 is 0 Å². The van der Waals surface area contributed by atoms with Gasteiger partial charge in [0.1, 0.15) is 5.76 Å². The first-order chi connectivity index (χ1) is 12.5. The predicted octanol–water partition coefficient (Wildman–Crippen LogP) is 4.15. The van der Waals surface area contributed by atoms with Gasteiger partial charge in [0.05, 0.1) is 12.3 Å². The van der Waals surface area contributed by atoms with Gasteiger partial charge in [-0.25, -0.2) is 4.79 Å². The number of carbonyl (C=O) groups is 1. The number of aryl methyl sites for hydroxylation is 2. The van der Waals surface area contributed by atoms with Gasteiger partial charge in [-0.3, -0.25) is 4.90 Å². The number of unbranched alkanes of at least 4 members (excludes halogenated alkanes) is 1. The van der Waals surface area contributed by atoms with Crippen molar-refractivity contribution in [1.82, 2.24) is 15.0 Å². The SMILES string of the molecule is CCCCC(CC)COC(=O)N1CCCN(Cc2c(C)noc2C)CC1.